The van der Waals surface area contributed by atoms with E-state index in [1.807, 2.05) is 0 Å². The quantitative estimate of drug-likeness (QED) is 0.667. The molecule has 4 heteroatoms. The summed E-state index contributed by atoms with van der Waals surface area (Å²) >= 11 is 0. The molecule has 1 saturated carbocycles. The van der Waals surface area contributed by atoms with Gasteiger partial charge in [-0.15, -0.1) is 0 Å². The Hall–Kier alpha value is -0.0900. The second-order valence-electron chi connectivity index (χ2n) is 5.99. The molecule has 1 rings (SSSR count). The first-order valence-corrected chi connectivity index (χ1v) is 9.38. The van der Waals surface area contributed by atoms with Gasteiger partial charge in [0.1, 0.15) is 9.84 Å². The first-order valence-electron chi connectivity index (χ1n) is 7.32. The molecule has 1 atom stereocenters. The minimum atomic E-state index is -2.84. The van der Waals surface area contributed by atoms with E-state index in [0.717, 1.165) is 25.8 Å². The molecule has 0 bridgehead atoms. The van der Waals surface area contributed by atoms with Gasteiger partial charge in [0.2, 0.25) is 0 Å². The third-order valence-electron chi connectivity index (χ3n) is 4.16. The van der Waals surface area contributed by atoms with Crippen molar-refractivity contribution >= 4 is 9.84 Å². The average molecular weight is 275 g/mol. The molecule has 1 fully saturated rings. The molecule has 108 valence electrons. The minimum absolute atomic E-state index is 0.182. The van der Waals surface area contributed by atoms with Gasteiger partial charge in [-0.05, 0) is 37.5 Å². The highest BCUT2D eigenvalue weighted by Crippen LogP contribution is 2.34. The molecule has 0 aliphatic heterocycles. The zero-order valence-electron chi connectivity index (χ0n) is 12.2. The number of rotatable bonds is 10. The molecule has 0 radical (unpaired) electrons. The molecule has 1 aliphatic rings. The Morgan fingerprint density at radius 3 is 2.33 bits per heavy atom. The summed E-state index contributed by atoms with van der Waals surface area (Å²) in [6.45, 7) is 5.39. The van der Waals surface area contributed by atoms with Gasteiger partial charge in [-0.3, -0.25) is 0 Å². The van der Waals surface area contributed by atoms with Crippen molar-refractivity contribution in [3.8, 4) is 0 Å². The van der Waals surface area contributed by atoms with Crippen molar-refractivity contribution < 1.29 is 8.42 Å². The molecule has 3 nitrogen and oxygen atoms in total. The van der Waals surface area contributed by atoms with Crippen molar-refractivity contribution in [2.75, 3.05) is 18.6 Å². The van der Waals surface area contributed by atoms with Crippen LogP contribution < -0.4 is 5.32 Å². The van der Waals surface area contributed by atoms with Gasteiger partial charge < -0.3 is 5.32 Å². The van der Waals surface area contributed by atoms with Crippen molar-refractivity contribution in [1.82, 2.24) is 5.32 Å². The van der Waals surface area contributed by atoms with E-state index in [9.17, 15) is 8.42 Å². The number of unbranched alkanes of at least 4 members (excludes halogenated alkanes) is 1. The molecule has 0 aromatic carbocycles. The molecule has 0 aromatic rings. The lowest BCUT2D eigenvalue weighted by Crippen LogP contribution is -2.36. The maximum atomic E-state index is 11.4. The Morgan fingerprint density at radius 2 is 1.89 bits per heavy atom. The lowest BCUT2D eigenvalue weighted by Gasteiger charge is -2.33. The van der Waals surface area contributed by atoms with Crippen LogP contribution in [0.5, 0.6) is 0 Å². The van der Waals surface area contributed by atoms with Crippen molar-refractivity contribution in [3.63, 3.8) is 0 Å². The van der Waals surface area contributed by atoms with E-state index < -0.39 is 9.84 Å². The van der Waals surface area contributed by atoms with E-state index in [2.05, 4.69) is 19.2 Å². The monoisotopic (exact) mass is 275 g/mol. The third kappa shape index (κ3) is 6.19. The fourth-order valence-corrected chi connectivity index (χ4v) is 3.19. The Morgan fingerprint density at radius 1 is 1.22 bits per heavy atom. The van der Waals surface area contributed by atoms with Crippen molar-refractivity contribution in [1.29, 1.82) is 0 Å². The summed E-state index contributed by atoms with van der Waals surface area (Å²) < 4.78 is 22.8. The molecule has 0 heterocycles. The molecule has 0 aromatic heterocycles. The standard InChI is InChI=1S/C14H29NO2S/c1-4-6-9-14(5-2,10-11-18(3,16)17)12-15-13-7-8-13/h13,15H,4-12H2,1-3H3. The highest BCUT2D eigenvalue weighted by atomic mass is 32.2. The Labute approximate surface area is 113 Å². The van der Waals surface area contributed by atoms with E-state index in [1.54, 1.807) is 0 Å². The van der Waals surface area contributed by atoms with Crippen LogP contribution in [0.2, 0.25) is 0 Å². The smallest absolute Gasteiger partial charge is 0.147 e. The third-order valence-corrected chi connectivity index (χ3v) is 5.10. The van der Waals surface area contributed by atoms with Crippen LogP contribution in [0.1, 0.15) is 58.8 Å². The van der Waals surface area contributed by atoms with Crippen LogP contribution in [-0.4, -0.2) is 33.0 Å². The summed E-state index contributed by atoms with van der Waals surface area (Å²) in [6, 6.07) is 0.704. The van der Waals surface area contributed by atoms with E-state index in [4.69, 9.17) is 0 Å². The van der Waals surface area contributed by atoms with Gasteiger partial charge in [-0.25, -0.2) is 8.42 Å². The van der Waals surface area contributed by atoms with Crippen LogP contribution in [-0.2, 0) is 9.84 Å². The Kier molecular flexibility index (Phi) is 6.12. The van der Waals surface area contributed by atoms with Gasteiger partial charge in [0.25, 0.3) is 0 Å². The van der Waals surface area contributed by atoms with Gasteiger partial charge in [-0.1, -0.05) is 26.7 Å². The van der Waals surface area contributed by atoms with Crippen molar-refractivity contribution in [2.24, 2.45) is 5.41 Å². The SMILES string of the molecule is CCCCC(CC)(CCS(C)(=O)=O)CNC1CC1. The maximum Gasteiger partial charge on any atom is 0.147 e. The number of nitrogens with one attached hydrogen (secondary N) is 1. The van der Waals surface area contributed by atoms with E-state index >= 15 is 0 Å². The van der Waals surface area contributed by atoms with Crippen LogP contribution in [0.15, 0.2) is 0 Å². The zero-order valence-corrected chi connectivity index (χ0v) is 13.0. The normalized spacial score (nSPS) is 19.7. The molecule has 0 spiro atoms. The van der Waals surface area contributed by atoms with Crippen LogP contribution in [0.3, 0.4) is 0 Å². The van der Waals surface area contributed by atoms with Crippen molar-refractivity contribution in [3.05, 3.63) is 0 Å². The fraction of sp³-hybridized carbons (Fsp3) is 1.00. The summed E-state index contributed by atoms with van der Waals surface area (Å²) in [4.78, 5) is 0. The van der Waals surface area contributed by atoms with E-state index in [1.165, 1.54) is 31.9 Å². The molecular weight excluding hydrogens is 246 g/mol. The van der Waals surface area contributed by atoms with E-state index in [-0.39, 0.29) is 5.41 Å². The van der Waals surface area contributed by atoms with Gasteiger partial charge >= 0.3 is 0 Å². The average Bonchev–Trinajstić information content (AvgIpc) is 3.12. The maximum absolute atomic E-state index is 11.4. The minimum Gasteiger partial charge on any atom is -0.313 e. The second-order valence-corrected chi connectivity index (χ2v) is 8.25. The Balaban J connectivity index is 2.55. The molecule has 0 amide bonds. The van der Waals surface area contributed by atoms with Gasteiger partial charge in [0.05, 0.1) is 5.75 Å². The molecule has 1 N–H and O–H groups in total. The summed E-state index contributed by atoms with van der Waals surface area (Å²) in [5.41, 5.74) is 0.182. The van der Waals surface area contributed by atoms with Gasteiger partial charge in [0, 0.05) is 18.8 Å². The Bertz CT molecular complexity index is 336. The lowest BCUT2D eigenvalue weighted by atomic mass is 9.77. The molecular formula is C14H29NO2S. The van der Waals surface area contributed by atoms with Crippen LogP contribution in [0, 0.1) is 5.41 Å². The molecule has 1 aliphatic carbocycles. The predicted molar refractivity (Wildman–Crippen MR) is 77.6 cm³/mol. The van der Waals surface area contributed by atoms with Crippen LogP contribution >= 0.6 is 0 Å². The van der Waals surface area contributed by atoms with E-state index in [0.29, 0.717) is 11.8 Å². The van der Waals surface area contributed by atoms with Crippen LogP contribution in [0.4, 0.5) is 0 Å². The molecule has 0 saturated heterocycles. The second kappa shape index (κ2) is 6.90. The zero-order chi connectivity index (χ0) is 13.6. The summed E-state index contributed by atoms with van der Waals surface area (Å²) in [6.07, 6.45) is 9.34. The summed E-state index contributed by atoms with van der Waals surface area (Å²) in [5, 5.41) is 3.60. The summed E-state index contributed by atoms with van der Waals surface area (Å²) in [5.74, 6) is 0.330. The first-order chi connectivity index (χ1) is 8.41. The molecule has 18 heavy (non-hydrogen) atoms. The topological polar surface area (TPSA) is 46.2 Å². The number of hydrogen-bond acceptors (Lipinski definition) is 3. The number of sulfone groups is 1. The van der Waals surface area contributed by atoms with Gasteiger partial charge in [0.15, 0.2) is 0 Å². The first kappa shape index (κ1) is 16.0. The lowest BCUT2D eigenvalue weighted by molar-refractivity contribution is 0.222. The van der Waals surface area contributed by atoms with Crippen LogP contribution in [0.25, 0.3) is 0 Å². The number of hydrogen-bond donors (Lipinski definition) is 1. The fourth-order valence-electron chi connectivity index (χ4n) is 2.38. The molecule has 1 unspecified atom stereocenters. The highest BCUT2D eigenvalue weighted by Gasteiger charge is 2.31. The highest BCUT2D eigenvalue weighted by molar-refractivity contribution is 7.90. The predicted octanol–water partition coefficient (Wildman–Crippen LogP) is 2.76. The summed E-state index contributed by atoms with van der Waals surface area (Å²) in [7, 11) is -2.84. The van der Waals surface area contributed by atoms with Crippen molar-refractivity contribution in [2.45, 2.75) is 64.8 Å². The largest absolute Gasteiger partial charge is 0.313 e. The van der Waals surface area contributed by atoms with Gasteiger partial charge in [-0.2, -0.15) is 0 Å².